The van der Waals surface area contributed by atoms with Crippen LogP contribution in [0.4, 0.5) is 0 Å². The number of Topliss-reactive ketones (excluding diaryl/α,β-unsaturated/α-hetero) is 1. The van der Waals surface area contributed by atoms with E-state index in [0.29, 0.717) is 54.8 Å². The van der Waals surface area contributed by atoms with E-state index in [2.05, 4.69) is 64.7 Å². The number of hydrogen-bond acceptors (Lipinski definition) is 6. The third-order valence-corrected chi connectivity index (χ3v) is 21.0. The van der Waals surface area contributed by atoms with Crippen LogP contribution < -0.4 is 10.1 Å². The second-order valence-corrected chi connectivity index (χ2v) is 24.7. The molecule has 1 aromatic carbocycles. The van der Waals surface area contributed by atoms with Crippen LogP contribution in [0.2, 0.25) is 5.02 Å². The molecule has 1 heterocycles. The number of allylic oxidation sites excluding steroid dienone is 3. The molecule has 6 fully saturated rings. The van der Waals surface area contributed by atoms with E-state index in [9.17, 15) is 14.7 Å². The summed E-state index contributed by atoms with van der Waals surface area (Å²) in [6.07, 6.45) is 13.4. The normalized spacial score (nSPS) is 38.9. The zero-order valence-corrected chi connectivity index (χ0v) is 40.7. The van der Waals surface area contributed by atoms with Crippen LogP contribution in [-0.4, -0.2) is 66.1 Å². The van der Waals surface area contributed by atoms with Crippen molar-refractivity contribution in [1.82, 2.24) is 10.2 Å². The second-order valence-electron chi connectivity index (χ2n) is 23.0. The van der Waals surface area contributed by atoms with Gasteiger partial charge >= 0.3 is 5.97 Å². The minimum Gasteiger partial charge on any atom is -0.492 e. The molecule has 2 N–H and O–H groups in total. The van der Waals surface area contributed by atoms with E-state index in [1.807, 2.05) is 30.8 Å². The minimum atomic E-state index is -0.739. The fourth-order valence-corrected chi connectivity index (χ4v) is 17.3. The molecule has 7 aliphatic rings. The highest BCUT2D eigenvalue weighted by molar-refractivity contribution is 7.99. The van der Waals surface area contributed by atoms with E-state index in [0.717, 1.165) is 62.8 Å². The SMILES string of the molecule is C.C=C1CC2(CCNCc3ccc(Cl)cc3OCCN3CCSCC3)CC[C@]3(C)C(CCC4C5(C)CCC(CC(=O)C6CC(C(=O)O)C6C)C(C)(C)C5CCC43C)C2=C1C(C)C. The van der Waals surface area contributed by atoms with Crippen molar-refractivity contribution in [3.05, 3.63) is 52.1 Å². The van der Waals surface area contributed by atoms with Crippen LogP contribution in [0.3, 0.4) is 0 Å². The Morgan fingerprint density at radius 1 is 0.984 bits per heavy atom. The molecular weight excluding hydrogens is 808 g/mol. The van der Waals surface area contributed by atoms with Crippen LogP contribution in [0.5, 0.6) is 5.75 Å². The minimum absolute atomic E-state index is 0. The predicted octanol–water partition coefficient (Wildman–Crippen LogP) is 12.8. The molecule has 62 heavy (non-hydrogen) atoms. The molecule has 0 amide bonds. The summed E-state index contributed by atoms with van der Waals surface area (Å²) in [6, 6.07) is 6.14. The molecule has 346 valence electrons. The van der Waals surface area contributed by atoms with Crippen LogP contribution in [0, 0.1) is 74.4 Å². The van der Waals surface area contributed by atoms with Gasteiger partial charge in [0.1, 0.15) is 18.1 Å². The molecule has 1 saturated heterocycles. The zero-order valence-electron chi connectivity index (χ0n) is 39.1. The second kappa shape index (κ2) is 18.1. The molecule has 1 aliphatic heterocycles. The quantitative estimate of drug-likeness (QED) is 0.180. The van der Waals surface area contributed by atoms with Gasteiger partial charge in [-0.25, -0.2) is 0 Å². The Morgan fingerprint density at radius 2 is 1.73 bits per heavy atom. The van der Waals surface area contributed by atoms with Gasteiger partial charge in [0.2, 0.25) is 0 Å². The van der Waals surface area contributed by atoms with Crippen molar-refractivity contribution in [2.45, 2.75) is 146 Å². The monoisotopic (exact) mass is 891 g/mol. The molecule has 0 spiro atoms. The number of carboxylic acid groups (broad SMARTS) is 1. The summed E-state index contributed by atoms with van der Waals surface area (Å²) in [5, 5.41) is 14.2. The number of rotatable bonds is 14. The van der Waals surface area contributed by atoms with Crippen molar-refractivity contribution in [2.75, 3.05) is 44.3 Å². The molecule has 5 saturated carbocycles. The Balaban J connectivity index is 0.00000578. The van der Waals surface area contributed by atoms with E-state index in [4.69, 9.17) is 22.9 Å². The van der Waals surface area contributed by atoms with Crippen LogP contribution >= 0.6 is 23.4 Å². The molecule has 6 nitrogen and oxygen atoms in total. The van der Waals surface area contributed by atoms with Gasteiger partial charge in [-0.1, -0.05) is 98.2 Å². The molecular formula is C54H83ClN2O4S. The van der Waals surface area contributed by atoms with Crippen molar-refractivity contribution in [2.24, 2.45) is 74.4 Å². The molecule has 0 aromatic heterocycles. The van der Waals surface area contributed by atoms with Gasteiger partial charge in [0.05, 0.1) is 5.92 Å². The lowest BCUT2D eigenvalue weighted by molar-refractivity contribution is -0.221. The number of nitrogens with one attached hydrogen (secondary N) is 1. The van der Waals surface area contributed by atoms with Crippen molar-refractivity contribution in [3.63, 3.8) is 0 Å². The number of carboxylic acids is 1. The first-order valence-corrected chi connectivity index (χ1v) is 26.0. The first-order chi connectivity index (χ1) is 28.9. The number of halogens is 1. The smallest absolute Gasteiger partial charge is 0.306 e. The van der Waals surface area contributed by atoms with Gasteiger partial charge < -0.3 is 15.2 Å². The third kappa shape index (κ3) is 8.11. The van der Waals surface area contributed by atoms with Crippen molar-refractivity contribution in [3.8, 4) is 5.75 Å². The number of aliphatic carboxylic acids is 1. The number of carbonyl (C=O) groups is 2. The predicted molar refractivity (Wildman–Crippen MR) is 259 cm³/mol. The highest BCUT2D eigenvalue weighted by Crippen LogP contribution is 2.78. The Bertz CT molecular complexity index is 1890. The highest BCUT2D eigenvalue weighted by Gasteiger charge is 2.69. The summed E-state index contributed by atoms with van der Waals surface area (Å²) in [5.74, 6) is 5.18. The number of nitrogens with zero attached hydrogens (tertiary/aromatic N) is 1. The van der Waals surface area contributed by atoms with Gasteiger partial charge in [0.25, 0.3) is 0 Å². The van der Waals surface area contributed by atoms with Crippen LogP contribution in [0.1, 0.15) is 145 Å². The van der Waals surface area contributed by atoms with E-state index in [1.165, 1.54) is 67.6 Å². The van der Waals surface area contributed by atoms with E-state index >= 15 is 0 Å². The molecule has 8 rings (SSSR count). The van der Waals surface area contributed by atoms with Gasteiger partial charge in [-0.05, 0) is 157 Å². The molecule has 6 aliphatic carbocycles. The van der Waals surface area contributed by atoms with Crippen molar-refractivity contribution >= 4 is 35.1 Å². The van der Waals surface area contributed by atoms with Gasteiger partial charge in [-0.3, -0.25) is 14.5 Å². The van der Waals surface area contributed by atoms with Crippen LogP contribution in [0.25, 0.3) is 0 Å². The van der Waals surface area contributed by atoms with Gasteiger partial charge in [0, 0.05) is 60.6 Å². The van der Waals surface area contributed by atoms with E-state index in [1.54, 1.807) is 11.1 Å². The van der Waals surface area contributed by atoms with Crippen LogP contribution in [0.15, 0.2) is 41.5 Å². The van der Waals surface area contributed by atoms with Gasteiger partial charge in [-0.15, -0.1) is 0 Å². The lowest BCUT2D eigenvalue weighted by atomic mass is 9.32. The Labute approximate surface area is 386 Å². The Kier molecular flexibility index (Phi) is 14.1. The zero-order chi connectivity index (χ0) is 43.7. The summed E-state index contributed by atoms with van der Waals surface area (Å²) in [5.41, 5.74) is 7.02. The summed E-state index contributed by atoms with van der Waals surface area (Å²) < 4.78 is 6.39. The largest absolute Gasteiger partial charge is 0.492 e. The lowest BCUT2D eigenvalue weighted by Gasteiger charge is -2.72. The number of thioether (sulfide) groups is 1. The first-order valence-electron chi connectivity index (χ1n) is 24.5. The number of ketones is 1. The molecule has 1 aromatic rings. The van der Waals surface area contributed by atoms with E-state index < -0.39 is 5.97 Å². The molecule has 0 bridgehead atoms. The van der Waals surface area contributed by atoms with Crippen LogP contribution in [-0.2, 0) is 16.1 Å². The van der Waals surface area contributed by atoms with Crippen molar-refractivity contribution < 1.29 is 19.4 Å². The fraction of sp³-hybridized carbons (Fsp3) is 0.778. The standard InChI is InChI=1S/C53H79ClN2O4S.CH4/c1-33(2)46-34(3)31-53(20-21-55-32-36-10-11-38(54)29-43(36)60-25-22-56-23-26-61-27-24-56)19-18-51(8)41(47(46)53)12-13-45-50(7)16-14-37(49(5,6)44(50)15-17-52(45,51)9)28-42(57)39-30-40(35(39)4)48(58)59;/h10-11,29,33,35,37,39-41,44-45,55H,3,12-28,30-32H2,1-2,4-9H3,(H,58,59);1H4/t35?,37?,39?,40?,41?,44?,45?,50?,51-,52?,53?;/m1./s1. The lowest BCUT2D eigenvalue weighted by Crippen LogP contribution is -2.65. The third-order valence-electron chi connectivity index (χ3n) is 19.8. The topological polar surface area (TPSA) is 78.9 Å². The fourth-order valence-electron chi connectivity index (χ4n) is 16.1. The summed E-state index contributed by atoms with van der Waals surface area (Å²) in [7, 11) is 0. The molecule has 11 atom stereocenters. The number of fused-ring (bicyclic) bond motifs is 7. The summed E-state index contributed by atoms with van der Waals surface area (Å²) >= 11 is 8.54. The Hall–Kier alpha value is -1.80. The maximum Gasteiger partial charge on any atom is 0.306 e. The maximum absolute atomic E-state index is 13.7. The average Bonchev–Trinajstić information content (AvgIpc) is 3.50. The molecule has 10 unspecified atom stereocenters. The summed E-state index contributed by atoms with van der Waals surface area (Å²) in [4.78, 5) is 27.9. The van der Waals surface area contributed by atoms with Crippen molar-refractivity contribution in [1.29, 1.82) is 0 Å². The number of ether oxygens (including phenoxy) is 1. The number of carbonyl (C=O) groups excluding carboxylic acids is 1. The van der Waals surface area contributed by atoms with Gasteiger partial charge in [0.15, 0.2) is 0 Å². The van der Waals surface area contributed by atoms with Gasteiger partial charge in [-0.2, -0.15) is 11.8 Å². The first kappa shape index (κ1) is 48.1. The summed E-state index contributed by atoms with van der Waals surface area (Å²) in [6.45, 7) is 30.4. The number of benzene rings is 1. The highest BCUT2D eigenvalue weighted by atomic mass is 35.5. The Morgan fingerprint density at radius 3 is 2.42 bits per heavy atom. The molecule has 0 radical (unpaired) electrons. The maximum atomic E-state index is 13.7. The molecule has 8 heteroatoms. The average molecular weight is 892 g/mol. The van der Waals surface area contributed by atoms with E-state index in [-0.39, 0.29) is 52.3 Å². The number of hydrogen-bond donors (Lipinski definition) is 2.